The van der Waals surface area contributed by atoms with E-state index in [1.54, 1.807) is 37.5 Å². The molecule has 18 nitrogen and oxygen atoms in total. The number of benzene rings is 5. The Bertz CT molecular complexity index is 3350. The SMILES string of the molecule is COc1cc(CNc2nc3c(OC)cccc3c3nc(CN4CCNC[C@H]4C)nn23)cc(OC)c1.COc1cccc2c1nc(N)n1nc(CN3CCN(c4cccc(C)c4)C[C@H]3C)nc21.Cc1cccc(Br)c1. The average molecular weight is 1070 g/mol. The molecule has 9 aromatic rings. The normalized spacial score (nSPS) is 16.1. The molecule has 0 spiro atoms. The number of hydrogen-bond acceptors (Lipinski definition) is 16. The monoisotopic (exact) mass is 1060 g/mol. The van der Waals surface area contributed by atoms with Gasteiger partial charge in [0.05, 0.1) is 41.5 Å². The minimum absolute atomic E-state index is 0.308. The lowest BCUT2D eigenvalue weighted by molar-refractivity contribution is 0.162. The molecule has 2 aliphatic rings. The van der Waals surface area contributed by atoms with Crippen molar-refractivity contribution in [2.45, 2.75) is 59.4 Å². The first-order valence-electron chi connectivity index (χ1n) is 24.8. The van der Waals surface area contributed by atoms with Crippen molar-refractivity contribution in [1.82, 2.24) is 54.3 Å². The van der Waals surface area contributed by atoms with Crippen LogP contribution in [0.1, 0.15) is 42.2 Å². The number of nitrogen functional groups attached to an aromatic ring is 1. The van der Waals surface area contributed by atoms with Crippen LogP contribution in [0.25, 0.3) is 33.1 Å². The maximum Gasteiger partial charge on any atom is 0.226 e. The highest BCUT2D eigenvalue weighted by molar-refractivity contribution is 9.10. The fourth-order valence-electron chi connectivity index (χ4n) is 9.42. The van der Waals surface area contributed by atoms with E-state index in [2.05, 4.69) is 115 Å². The minimum atomic E-state index is 0.308. The zero-order chi connectivity index (χ0) is 51.9. The van der Waals surface area contributed by atoms with Gasteiger partial charge in [-0.3, -0.25) is 9.80 Å². The average Bonchev–Trinajstić information content (AvgIpc) is 4.05. The number of nitrogens with one attached hydrogen (secondary N) is 2. The first-order chi connectivity index (χ1) is 35.9. The molecule has 0 bridgehead atoms. The summed E-state index contributed by atoms with van der Waals surface area (Å²) in [4.78, 5) is 26.4. The summed E-state index contributed by atoms with van der Waals surface area (Å²) in [7, 11) is 6.56. The second-order valence-electron chi connectivity index (χ2n) is 18.6. The molecule has 2 saturated heterocycles. The molecular weight excluding hydrogens is 1000 g/mol. The standard InChI is InChI=1S/C25H31N7O3.C23H27N7O.C7H7Br/c1-16-13-26-8-9-31(16)15-22-28-24-20-6-5-7-21(35-4)23(20)29-25(32(24)30-22)27-14-17-10-18(33-2)12-19(11-17)34-3;1-15-6-4-7-17(12-15)29-11-10-28(16(2)13-29)14-20-25-22-18-8-5-9-19(31-3)21(18)26-23(24)30(22)27-20;1-6-3-2-4-7(8)5-6/h5-7,10-12,16,26H,8-9,13-15H2,1-4H3,(H,27,29);4-9,12,16H,10-11,13-14H2,1-3H3,(H2,24,26);2-5H,1H3/t2*16-;/m11./s1. The molecule has 2 fully saturated rings. The van der Waals surface area contributed by atoms with Gasteiger partial charge in [0.15, 0.2) is 22.9 Å². The lowest BCUT2D eigenvalue weighted by atomic mass is 10.1. The third-order valence-electron chi connectivity index (χ3n) is 13.4. The Hall–Kier alpha value is -7.32. The lowest BCUT2D eigenvalue weighted by Gasteiger charge is -2.40. The van der Waals surface area contributed by atoms with E-state index in [0.717, 1.165) is 94.4 Å². The zero-order valence-corrected chi connectivity index (χ0v) is 44.9. The summed E-state index contributed by atoms with van der Waals surface area (Å²) in [6.07, 6.45) is 0. The number of para-hydroxylation sites is 2. The number of nitrogens with zero attached hydrogens (tertiary/aromatic N) is 11. The number of anilines is 3. The van der Waals surface area contributed by atoms with E-state index in [1.165, 1.54) is 16.8 Å². The molecule has 0 saturated carbocycles. The molecule has 0 aliphatic carbocycles. The summed E-state index contributed by atoms with van der Waals surface area (Å²) >= 11 is 3.36. The van der Waals surface area contributed by atoms with Gasteiger partial charge in [0.2, 0.25) is 11.9 Å². The number of aryl methyl sites for hydroxylation is 2. The van der Waals surface area contributed by atoms with Gasteiger partial charge in [0.1, 0.15) is 34.0 Å². The summed E-state index contributed by atoms with van der Waals surface area (Å²) in [6.45, 7) is 16.3. The smallest absolute Gasteiger partial charge is 0.226 e. The van der Waals surface area contributed by atoms with Gasteiger partial charge in [0, 0.05) is 84.9 Å². The van der Waals surface area contributed by atoms with Gasteiger partial charge in [-0.25, -0.2) is 19.9 Å². The van der Waals surface area contributed by atoms with Crippen molar-refractivity contribution in [1.29, 1.82) is 0 Å². The first-order valence-corrected chi connectivity index (χ1v) is 25.6. The maximum atomic E-state index is 6.19. The van der Waals surface area contributed by atoms with E-state index >= 15 is 0 Å². The van der Waals surface area contributed by atoms with Crippen LogP contribution < -0.4 is 40.2 Å². The van der Waals surface area contributed by atoms with Crippen LogP contribution >= 0.6 is 15.9 Å². The van der Waals surface area contributed by atoms with E-state index < -0.39 is 0 Å². The molecule has 2 aliphatic heterocycles. The highest BCUT2D eigenvalue weighted by Crippen LogP contribution is 2.31. The largest absolute Gasteiger partial charge is 0.497 e. The number of halogens is 1. The van der Waals surface area contributed by atoms with Gasteiger partial charge in [-0.15, -0.1) is 10.2 Å². The summed E-state index contributed by atoms with van der Waals surface area (Å²) in [5.74, 6) is 5.24. The van der Waals surface area contributed by atoms with Crippen LogP contribution in [0, 0.1) is 13.8 Å². The third kappa shape index (κ3) is 11.7. The van der Waals surface area contributed by atoms with E-state index in [9.17, 15) is 0 Å². The highest BCUT2D eigenvalue weighted by Gasteiger charge is 2.26. The Balaban J connectivity index is 0.000000159. The van der Waals surface area contributed by atoms with Crippen molar-refractivity contribution in [2.24, 2.45) is 0 Å². The van der Waals surface area contributed by atoms with Crippen molar-refractivity contribution >= 4 is 66.6 Å². The molecule has 19 heteroatoms. The molecule has 386 valence electrons. The van der Waals surface area contributed by atoms with E-state index in [-0.39, 0.29) is 0 Å². The van der Waals surface area contributed by atoms with Gasteiger partial charge in [-0.05, 0) is 99.5 Å². The molecule has 74 heavy (non-hydrogen) atoms. The molecule has 2 atom stereocenters. The number of rotatable bonds is 12. The van der Waals surface area contributed by atoms with Crippen LogP contribution in [-0.4, -0.2) is 129 Å². The number of nitrogens with two attached hydrogens (primary N) is 1. The number of ether oxygens (including phenoxy) is 4. The van der Waals surface area contributed by atoms with E-state index in [1.807, 2.05) is 66.7 Å². The van der Waals surface area contributed by atoms with Gasteiger partial charge in [-0.1, -0.05) is 57.9 Å². The number of piperazine rings is 2. The first kappa shape index (κ1) is 51.6. The fraction of sp³-hybridized carbons (Fsp3) is 0.345. The van der Waals surface area contributed by atoms with Gasteiger partial charge >= 0.3 is 0 Å². The highest BCUT2D eigenvalue weighted by atomic mass is 79.9. The second-order valence-corrected chi connectivity index (χ2v) is 19.6. The van der Waals surface area contributed by atoms with Gasteiger partial charge in [-0.2, -0.15) is 9.03 Å². The maximum absolute atomic E-state index is 6.19. The fourth-order valence-corrected chi connectivity index (χ4v) is 9.93. The molecule has 5 aromatic carbocycles. The van der Waals surface area contributed by atoms with E-state index in [4.69, 9.17) is 44.7 Å². The summed E-state index contributed by atoms with van der Waals surface area (Å²) in [6, 6.07) is 35.1. The molecule has 6 heterocycles. The number of hydrogen-bond donors (Lipinski definition) is 3. The quantitative estimate of drug-likeness (QED) is 0.106. The number of fused-ring (bicyclic) bond motifs is 6. The minimum Gasteiger partial charge on any atom is -0.497 e. The summed E-state index contributed by atoms with van der Waals surface area (Å²) < 4.78 is 26.4. The summed E-state index contributed by atoms with van der Waals surface area (Å²) in [5, 5.41) is 18.2. The van der Waals surface area contributed by atoms with Crippen LogP contribution in [0.4, 0.5) is 17.6 Å². The van der Waals surface area contributed by atoms with Crippen molar-refractivity contribution in [3.8, 4) is 23.0 Å². The van der Waals surface area contributed by atoms with Crippen molar-refractivity contribution < 1.29 is 18.9 Å². The molecular formula is C55H65BrN14O4. The Morgan fingerprint density at radius 2 is 1.24 bits per heavy atom. The van der Waals surface area contributed by atoms with Crippen LogP contribution in [0.3, 0.4) is 0 Å². The molecule has 4 N–H and O–H groups in total. The third-order valence-corrected chi connectivity index (χ3v) is 13.9. The second kappa shape index (κ2) is 23.3. The van der Waals surface area contributed by atoms with Crippen LogP contribution in [0.2, 0.25) is 0 Å². The predicted octanol–water partition coefficient (Wildman–Crippen LogP) is 8.35. The molecule has 4 aromatic heterocycles. The van der Waals surface area contributed by atoms with Crippen molar-refractivity contribution in [3.05, 3.63) is 136 Å². The Morgan fingerprint density at radius 1 is 0.649 bits per heavy atom. The zero-order valence-electron chi connectivity index (χ0n) is 43.3. The topological polar surface area (TPSA) is 183 Å². The molecule has 0 radical (unpaired) electrons. The molecule has 11 rings (SSSR count). The van der Waals surface area contributed by atoms with Crippen molar-refractivity contribution in [2.75, 3.05) is 83.7 Å². The predicted molar refractivity (Wildman–Crippen MR) is 296 cm³/mol. The van der Waals surface area contributed by atoms with E-state index in [0.29, 0.717) is 66.3 Å². The van der Waals surface area contributed by atoms with Crippen LogP contribution in [0.15, 0.2) is 108 Å². The Kier molecular flexibility index (Phi) is 16.2. The molecule has 0 amide bonds. The van der Waals surface area contributed by atoms with Crippen LogP contribution in [-0.2, 0) is 19.6 Å². The summed E-state index contributed by atoms with van der Waals surface area (Å²) in [5.41, 5.74) is 13.9. The lowest BCUT2D eigenvalue weighted by Crippen LogP contribution is -2.51. The Labute approximate surface area is 439 Å². The van der Waals surface area contributed by atoms with Gasteiger partial charge in [0.25, 0.3) is 0 Å². The van der Waals surface area contributed by atoms with Crippen molar-refractivity contribution in [3.63, 3.8) is 0 Å². The van der Waals surface area contributed by atoms with Gasteiger partial charge < -0.3 is 40.2 Å². The Morgan fingerprint density at radius 3 is 1.82 bits per heavy atom. The molecule has 0 unspecified atom stereocenters. The number of methoxy groups -OCH3 is 4. The number of aromatic nitrogens is 8. The van der Waals surface area contributed by atoms with Crippen LogP contribution in [0.5, 0.6) is 23.0 Å².